The lowest BCUT2D eigenvalue weighted by Gasteiger charge is -2.20. The third kappa shape index (κ3) is 4.43. The molecule has 2 aromatic rings. The molecule has 0 saturated heterocycles. The average Bonchev–Trinajstić information content (AvgIpc) is 2.55. The molecule has 0 aliphatic rings. The molecule has 2 rings (SSSR count). The number of anilines is 1. The third-order valence-corrected chi connectivity index (χ3v) is 3.60. The summed E-state index contributed by atoms with van der Waals surface area (Å²) in [6.07, 6.45) is 2.74. The predicted molar refractivity (Wildman–Crippen MR) is 94.4 cm³/mol. The first kappa shape index (κ1) is 16.2. The maximum absolute atomic E-state index is 5.37. The smallest absolute Gasteiger partial charge is 0.172 e. The lowest BCUT2D eigenvalue weighted by atomic mass is 10.0. The highest BCUT2D eigenvalue weighted by Crippen LogP contribution is 2.20. The number of thiocarbonyl (C=S) groups is 1. The van der Waals surface area contributed by atoms with E-state index in [4.69, 9.17) is 17.0 Å². The van der Waals surface area contributed by atoms with E-state index < -0.39 is 0 Å². The summed E-state index contributed by atoms with van der Waals surface area (Å²) in [4.78, 5) is 4.29. The lowest BCUT2D eigenvalue weighted by Crippen LogP contribution is -2.32. The van der Waals surface area contributed by atoms with Gasteiger partial charge in [0.1, 0.15) is 11.6 Å². The van der Waals surface area contributed by atoms with Gasteiger partial charge in [-0.1, -0.05) is 25.1 Å². The number of benzene rings is 1. The van der Waals surface area contributed by atoms with Gasteiger partial charge in [-0.15, -0.1) is 0 Å². The molecule has 1 aromatic carbocycles. The van der Waals surface area contributed by atoms with Crippen LogP contribution in [0.25, 0.3) is 0 Å². The maximum atomic E-state index is 5.37. The van der Waals surface area contributed by atoms with Crippen molar-refractivity contribution < 1.29 is 4.74 Å². The van der Waals surface area contributed by atoms with Crippen molar-refractivity contribution in [2.45, 2.75) is 26.3 Å². The molecule has 1 heterocycles. The number of hydrogen-bond acceptors (Lipinski definition) is 3. The minimum absolute atomic E-state index is 0.149. The molecule has 0 aliphatic heterocycles. The molecular formula is C17H21N3OS. The number of methoxy groups -OCH3 is 1. The predicted octanol–water partition coefficient (Wildman–Crippen LogP) is 3.84. The molecule has 0 radical (unpaired) electrons. The Morgan fingerprint density at radius 3 is 2.50 bits per heavy atom. The van der Waals surface area contributed by atoms with Gasteiger partial charge in [0.15, 0.2) is 5.11 Å². The lowest BCUT2D eigenvalue weighted by molar-refractivity contribution is 0.414. The molecule has 0 aliphatic carbocycles. The molecule has 4 nitrogen and oxygen atoms in total. The zero-order valence-corrected chi connectivity index (χ0v) is 13.9. The van der Waals surface area contributed by atoms with Crippen molar-refractivity contribution in [1.82, 2.24) is 10.3 Å². The van der Waals surface area contributed by atoms with Gasteiger partial charge < -0.3 is 15.4 Å². The minimum atomic E-state index is 0.149. The minimum Gasteiger partial charge on any atom is -0.497 e. The average molecular weight is 315 g/mol. The molecule has 0 fully saturated rings. The number of nitrogens with one attached hydrogen (secondary N) is 2. The van der Waals surface area contributed by atoms with E-state index in [1.165, 1.54) is 5.56 Å². The SMILES string of the molecule is CC[C@H](NC(=S)Nc1ccc(C)cn1)c1ccc(OC)cc1. The Balaban J connectivity index is 1.99. The molecule has 22 heavy (non-hydrogen) atoms. The van der Waals surface area contributed by atoms with Gasteiger partial charge in [0.25, 0.3) is 0 Å². The molecule has 5 heteroatoms. The molecule has 1 atom stereocenters. The quantitative estimate of drug-likeness (QED) is 0.821. The first-order chi connectivity index (χ1) is 10.6. The summed E-state index contributed by atoms with van der Waals surface area (Å²) in [7, 11) is 1.66. The highest BCUT2D eigenvalue weighted by molar-refractivity contribution is 7.80. The zero-order chi connectivity index (χ0) is 15.9. The van der Waals surface area contributed by atoms with E-state index in [1.54, 1.807) is 7.11 Å². The number of nitrogens with zero attached hydrogens (tertiary/aromatic N) is 1. The van der Waals surface area contributed by atoms with E-state index in [-0.39, 0.29) is 6.04 Å². The van der Waals surface area contributed by atoms with E-state index in [1.807, 2.05) is 49.5 Å². The molecule has 0 bridgehead atoms. The van der Waals surface area contributed by atoms with Gasteiger partial charge in [-0.2, -0.15) is 0 Å². The van der Waals surface area contributed by atoms with Crippen LogP contribution in [-0.4, -0.2) is 17.2 Å². The first-order valence-corrected chi connectivity index (χ1v) is 7.67. The van der Waals surface area contributed by atoms with Crippen molar-refractivity contribution >= 4 is 23.1 Å². The van der Waals surface area contributed by atoms with Crippen LogP contribution in [0.5, 0.6) is 5.75 Å². The van der Waals surface area contributed by atoms with Crippen molar-refractivity contribution in [3.05, 3.63) is 53.7 Å². The largest absolute Gasteiger partial charge is 0.497 e. The Morgan fingerprint density at radius 1 is 1.23 bits per heavy atom. The Morgan fingerprint density at radius 2 is 1.95 bits per heavy atom. The molecular weight excluding hydrogens is 294 g/mol. The van der Waals surface area contributed by atoms with Crippen LogP contribution in [-0.2, 0) is 0 Å². The zero-order valence-electron chi connectivity index (χ0n) is 13.1. The third-order valence-electron chi connectivity index (χ3n) is 3.38. The van der Waals surface area contributed by atoms with Crippen molar-refractivity contribution in [2.24, 2.45) is 0 Å². The van der Waals surface area contributed by atoms with Crippen molar-refractivity contribution in [3.63, 3.8) is 0 Å². The van der Waals surface area contributed by atoms with E-state index in [0.717, 1.165) is 23.6 Å². The monoisotopic (exact) mass is 315 g/mol. The molecule has 0 saturated carbocycles. The number of aryl methyl sites for hydroxylation is 1. The topological polar surface area (TPSA) is 46.2 Å². The Bertz CT molecular complexity index is 611. The van der Waals surface area contributed by atoms with Gasteiger partial charge in [-0.3, -0.25) is 0 Å². The van der Waals surface area contributed by atoms with Crippen LogP contribution in [0.2, 0.25) is 0 Å². The summed E-state index contributed by atoms with van der Waals surface area (Å²) in [5.74, 6) is 1.59. The Hall–Kier alpha value is -2.14. The fraction of sp³-hybridized carbons (Fsp3) is 0.294. The molecule has 1 aromatic heterocycles. The fourth-order valence-corrected chi connectivity index (χ4v) is 2.36. The molecule has 0 unspecified atom stereocenters. The highest BCUT2D eigenvalue weighted by Gasteiger charge is 2.11. The number of hydrogen-bond donors (Lipinski definition) is 2. The Kier molecular flexibility index (Phi) is 5.72. The maximum Gasteiger partial charge on any atom is 0.172 e. The number of rotatable bonds is 5. The second kappa shape index (κ2) is 7.75. The summed E-state index contributed by atoms with van der Waals surface area (Å²) in [6, 6.07) is 12.1. The van der Waals surface area contributed by atoms with Crippen LogP contribution >= 0.6 is 12.2 Å². The number of pyridine rings is 1. The van der Waals surface area contributed by atoms with Gasteiger partial charge in [0, 0.05) is 6.20 Å². The van der Waals surface area contributed by atoms with Crippen LogP contribution in [0.3, 0.4) is 0 Å². The molecule has 2 N–H and O–H groups in total. The van der Waals surface area contributed by atoms with Crippen LogP contribution in [0.1, 0.15) is 30.5 Å². The number of aromatic nitrogens is 1. The van der Waals surface area contributed by atoms with Crippen LogP contribution in [0.15, 0.2) is 42.6 Å². The van der Waals surface area contributed by atoms with Crippen molar-refractivity contribution in [2.75, 3.05) is 12.4 Å². The summed E-state index contributed by atoms with van der Waals surface area (Å²) in [5.41, 5.74) is 2.29. The van der Waals surface area contributed by atoms with E-state index in [2.05, 4.69) is 22.5 Å². The van der Waals surface area contributed by atoms with E-state index in [9.17, 15) is 0 Å². The van der Waals surface area contributed by atoms with Gasteiger partial charge in [-0.05, 0) is 54.9 Å². The molecule has 0 amide bonds. The van der Waals surface area contributed by atoms with Gasteiger partial charge in [0.2, 0.25) is 0 Å². The standard InChI is InChI=1S/C17H21N3OS/c1-4-15(13-6-8-14(21-3)9-7-13)19-17(22)20-16-10-5-12(2)11-18-16/h5-11,15H,4H2,1-3H3,(H2,18,19,20,22)/t15-/m0/s1. The van der Waals surface area contributed by atoms with Crippen molar-refractivity contribution in [3.8, 4) is 5.75 Å². The summed E-state index contributed by atoms with van der Waals surface area (Å²) >= 11 is 5.37. The summed E-state index contributed by atoms with van der Waals surface area (Å²) in [5, 5.41) is 7.00. The number of ether oxygens (including phenoxy) is 1. The van der Waals surface area contributed by atoms with Gasteiger partial charge in [-0.25, -0.2) is 4.98 Å². The normalized spacial score (nSPS) is 11.6. The van der Waals surface area contributed by atoms with Crippen LogP contribution < -0.4 is 15.4 Å². The summed E-state index contributed by atoms with van der Waals surface area (Å²) in [6.45, 7) is 4.12. The molecule has 116 valence electrons. The Labute approximate surface area is 136 Å². The van der Waals surface area contributed by atoms with Crippen LogP contribution in [0.4, 0.5) is 5.82 Å². The first-order valence-electron chi connectivity index (χ1n) is 7.26. The van der Waals surface area contributed by atoms with E-state index in [0.29, 0.717) is 5.11 Å². The molecule has 0 spiro atoms. The van der Waals surface area contributed by atoms with Crippen LogP contribution in [0, 0.1) is 6.92 Å². The van der Waals surface area contributed by atoms with E-state index >= 15 is 0 Å². The highest BCUT2D eigenvalue weighted by atomic mass is 32.1. The van der Waals surface area contributed by atoms with Gasteiger partial charge in [0.05, 0.1) is 13.2 Å². The fourth-order valence-electron chi connectivity index (χ4n) is 2.11. The van der Waals surface area contributed by atoms with Gasteiger partial charge >= 0.3 is 0 Å². The second-order valence-corrected chi connectivity index (χ2v) is 5.46. The second-order valence-electron chi connectivity index (χ2n) is 5.05. The summed E-state index contributed by atoms with van der Waals surface area (Å²) < 4.78 is 5.19. The van der Waals surface area contributed by atoms with Crippen molar-refractivity contribution in [1.29, 1.82) is 0 Å².